The third kappa shape index (κ3) is 1.56. The molecule has 0 saturated heterocycles. The van der Waals surface area contributed by atoms with Crippen molar-refractivity contribution >= 4 is 0 Å². The van der Waals surface area contributed by atoms with Gasteiger partial charge in [-0.2, -0.15) is 0 Å². The molecule has 2 heteroatoms. The highest BCUT2D eigenvalue weighted by atomic mass is 19.1. The van der Waals surface area contributed by atoms with Crippen LogP contribution >= 0.6 is 0 Å². The van der Waals surface area contributed by atoms with Gasteiger partial charge in [0.05, 0.1) is 0 Å². The maximum atomic E-state index is 13.9. The Bertz CT molecular complexity index is 382. The number of hydrogen-bond donors (Lipinski definition) is 1. The first kappa shape index (κ1) is 11.6. The SMILES string of the molecule is CCC1(CC)CCC(N)c2c(F)cccc21. The molecule has 16 heavy (non-hydrogen) atoms. The zero-order valence-electron chi connectivity index (χ0n) is 10.1. The monoisotopic (exact) mass is 221 g/mol. The lowest BCUT2D eigenvalue weighted by molar-refractivity contribution is 0.309. The van der Waals surface area contributed by atoms with Crippen LogP contribution in [0.2, 0.25) is 0 Å². The zero-order valence-corrected chi connectivity index (χ0v) is 10.1. The summed E-state index contributed by atoms with van der Waals surface area (Å²) >= 11 is 0. The van der Waals surface area contributed by atoms with Crippen LogP contribution < -0.4 is 5.73 Å². The maximum Gasteiger partial charge on any atom is 0.128 e. The van der Waals surface area contributed by atoms with Gasteiger partial charge in [-0.25, -0.2) is 4.39 Å². The quantitative estimate of drug-likeness (QED) is 0.810. The van der Waals surface area contributed by atoms with Crippen LogP contribution in [0.15, 0.2) is 18.2 Å². The number of fused-ring (bicyclic) bond motifs is 1. The van der Waals surface area contributed by atoms with Gasteiger partial charge in [0.2, 0.25) is 0 Å². The van der Waals surface area contributed by atoms with Crippen molar-refractivity contribution in [3.8, 4) is 0 Å². The number of hydrogen-bond acceptors (Lipinski definition) is 1. The molecule has 1 atom stereocenters. The molecule has 0 spiro atoms. The van der Waals surface area contributed by atoms with Crippen LogP contribution in [0.1, 0.15) is 56.7 Å². The maximum absolute atomic E-state index is 13.9. The molecular weight excluding hydrogens is 201 g/mol. The minimum Gasteiger partial charge on any atom is -0.324 e. The Morgan fingerprint density at radius 3 is 2.69 bits per heavy atom. The highest BCUT2D eigenvalue weighted by molar-refractivity contribution is 5.39. The van der Waals surface area contributed by atoms with Crippen LogP contribution in [-0.2, 0) is 5.41 Å². The van der Waals surface area contributed by atoms with E-state index in [1.165, 1.54) is 6.07 Å². The summed E-state index contributed by atoms with van der Waals surface area (Å²) in [6.07, 6.45) is 4.10. The van der Waals surface area contributed by atoms with Crippen LogP contribution in [0.4, 0.5) is 4.39 Å². The van der Waals surface area contributed by atoms with E-state index in [4.69, 9.17) is 5.73 Å². The van der Waals surface area contributed by atoms with Gasteiger partial charge in [0.1, 0.15) is 5.82 Å². The molecular formula is C14H20FN. The smallest absolute Gasteiger partial charge is 0.128 e. The first-order chi connectivity index (χ1) is 7.64. The van der Waals surface area contributed by atoms with E-state index in [2.05, 4.69) is 19.9 Å². The molecule has 2 rings (SSSR count). The van der Waals surface area contributed by atoms with Gasteiger partial charge in [0.15, 0.2) is 0 Å². The molecule has 0 bridgehead atoms. The molecule has 0 fully saturated rings. The molecule has 88 valence electrons. The van der Waals surface area contributed by atoms with Crippen LogP contribution in [0.5, 0.6) is 0 Å². The molecule has 1 aliphatic rings. The van der Waals surface area contributed by atoms with Crippen molar-refractivity contribution < 1.29 is 4.39 Å². The van der Waals surface area contributed by atoms with E-state index in [1.807, 2.05) is 6.07 Å². The van der Waals surface area contributed by atoms with E-state index in [9.17, 15) is 4.39 Å². The van der Waals surface area contributed by atoms with Crippen molar-refractivity contribution in [1.29, 1.82) is 0 Å². The van der Waals surface area contributed by atoms with Gasteiger partial charge in [0.25, 0.3) is 0 Å². The fourth-order valence-corrected chi connectivity index (χ4v) is 3.07. The number of nitrogens with two attached hydrogens (primary N) is 1. The Balaban J connectivity index is 2.60. The van der Waals surface area contributed by atoms with E-state index in [0.29, 0.717) is 0 Å². The third-order valence-electron chi connectivity index (χ3n) is 4.28. The van der Waals surface area contributed by atoms with Crippen LogP contribution in [0.25, 0.3) is 0 Å². The van der Waals surface area contributed by atoms with Crippen molar-refractivity contribution in [3.05, 3.63) is 35.1 Å². The second-order valence-corrected chi connectivity index (χ2v) is 4.83. The van der Waals surface area contributed by atoms with Gasteiger partial charge in [-0.05, 0) is 42.7 Å². The summed E-state index contributed by atoms with van der Waals surface area (Å²) in [6, 6.07) is 5.28. The predicted molar refractivity (Wildman–Crippen MR) is 64.8 cm³/mol. The molecule has 0 aliphatic heterocycles. The van der Waals surface area contributed by atoms with Crippen molar-refractivity contribution in [2.75, 3.05) is 0 Å². The normalized spacial score (nSPS) is 22.9. The van der Waals surface area contributed by atoms with Gasteiger partial charge in [-0.1, -0.05) is 26.0 Å². The summed E-state index contributed by atoms with van der Waals surface area (Å²) in [5, 5.41) is 0. The molecule has 0 heterocycles. The lowest BCUT2D eigenvalue weighted by atomic mass is 9.65. The Morgan fingerprint density at radius 1 is 1.38 bits per heavy atom. The van der Waals surface area contributed by atoms with Gasteiger partial charge < -0.3 is 5.73 Å². The number of rotatable bonds is 2. The van der Waals surface area contributed by atoms with Crippen LogP contribution in [0.3, 0.4) is 0 Å². The Kier molecular flexibility index (Phi) is 3.02. The molecule has 0 saturated carbocycles. The largest absolute Gasteiger partial charge is 0.324 e. The molecule has 1 aliphatic carbocycles. The summed E-state index contributed by atoms with van der Waals surface area (Å²) in [5.41, 5.74) is 8.09. The zero-order chi connectivity index (χ0) is 11.8. The van der Waals surface area contributed by atoms with Crippen molar-refractivity contribution in [2.45, 2.75) is 51.0 Å². The molecule has 1 aromatic rings. The second kappa shape index (κ2) is 4.17. The average Bonchev–Trinajstić information content (AvgIpc) is 2.31. The van der Waals surface area contributed by atoms with E-state index in [-0.39, 0.29) is 17.3 Å². The second-order valence-electron chi connectivity index (χ2n) is 4.83. The van der Waals surface area contributed by atoms with E-state index in [1.54, 1.807) is 0 Å². The molecule has 0 radical (unpaired) electrons. The Labute approximate surface area is 96.9 Å². The highest BCUT2D eigenvalue weighted by Gasteiger charge is 2.37. The van der Waals surface area contributed by atoms with Crippen molar-refractivity contribution in [3.63, 3.8) is 0 Å². The topological polar surface area (TPSA) is 26.0 Å². The summed E-state index contributed by atoms with van der Waals surface area (Å²) in [6.45, 7) is 4.38. The van der Waals surface area contributed by atoms with Gasteiger partial charge in [-0.3, -0.25) is 0 Å². The molecule has 1 aromatic carbocycles. The molecule has 2 N–H and O–H groups in total. The summed E-state index contributed by atoms with van der Waals surface area (Å²) in [5.74, 6) is -0.129. The van der Waals surface area contributed by atoms with E-state index >= 15 is 0 Å². The highest BCUT2D eigenvalue weighted by Crippen LogP contribution is 2.45. The Morgan fingerprint density at radius 2 is 2.06 bits per heavy atom. The van der Waals surface area contributed by atoms with Crippen LogP contribution in [-0.4, -0.2) is 0 Å². The van der Waals surface area contributed by atoms with Gasteiger partial charge >= 0.3 is 0 Å². The summed E-state index contributed by atoms with van der Waals surface area (Å²) in [7, 11) is 0. The molecule has 0 amide bonds. The number of halogens is 1. The standard InChI is InChI=1S/C14H20FN/c1-3-14(4-2)9-8-12(16)13-10(14)6-5-7-11(13)15/h5-7,12H,3-4,8-9,16H2,1-2H3. The average molecular weight is 221 g/mol. The fraction of sp³-hybridized carbons (Fsp3) is 0.571. The van der Waals surface area contributed by atoms with E-state index in [0.717, 1.165) is 36.8 Å². The molecule has 1 nitrogen and oxygen atoms in total. The molecule has 1 unspecified atom stereocenters. The first-order valence-corrected chi connectivity index (χ1v) is 6.19. The van der Waals surface area contributed by atoms with Crippen molar-refractivity contribution in [1.82, 2.24) is 0 Å². The number of benzene rings is 1. The lowest BCUT2D eigenvalue weighted by Gasteiger charge is -2.40. The lowest BCUT2D eigenvalue weighted by Crippen LogP contribution is -2.34. The van der Waals surface area contributed by atoms with Gasteiger partial charge in [0, 0.05) is 11.6 Å². The Hall–Kier alpha value is -0.890. The fourth-order valence-electron chi connectivity index (χ4n) is 3.07. The predicted octanol–water partition coefficient (Wildman–Crippen LogP) is 3.68. The summed E-state index contributed by atoms with van der Waals surface area (Å²) in [4.78, 5) is 0. The van der Waals surface area contributed by atoms with Gasteiger partial charge in [-0.15, -0.1) is 0 Å². The first-order valence-electron chi connectivity index (χ1n) is 6.19. The minimum absolute atomic E-state index is 0.123. The third-order valence-corrected chi connectivity index (χ3v) is 4.28. The van der Waals surface area contributed by atoms with E-state index < -0.39 is 0 Å². The summed E-state index contributed by atoms with van der Waals surface area (Å²) < 4.78 is 13.9. The van der Waals surface area contributed by atoms with Crippen LogP contribution in [0, 0.1) is 5.82 Å². The minimum atomic E-state index is -0.129. The molecule has 0 aromatic heterocycles. The van der Waals surface area contributed by atoms with Crippen molar-refractivity contribution in [2.24, 2.45) is 5.73 Å².